The van der Waals surface area contributed by atoms with Crippen molar-refractivity contribution in [2.24, 2.45) is 0 Å². The van der Waals surface area contributed by atoms with Crippen molar-refractivity contribution in [1.82, 2.24) is 15.0 Å². The summed E-state index contributed by atoms with van der Waals surface area (Å²) in [5.74, 6) is 1.00. The molecule has 0 aliphatic heterocycles. The maximum Gasteiger partial charge on any atom is 0.169 e. The predicted molar refractivity (Wildman–Crippen MR) is 75.5 cm³/mol. The molecule has 1 aliphatic rings. The molecule has 0 unspecified atom stereocenters. The van der Waals surface area contributed by atoms with E-state index in [-0.39, 0.29) is 0 Å². The van der Waals surface area contributed by atoms with Gasteiger partial charge in [-0.25, -0.2) is 4.68 Å². The molecule has 1 aromatic heterocycles. The first-order valence-electron chi connectivity index (χ1n) is 5.33. The third-order valence-electron chi connectivity index (χ3n) is 2.83. The summed E-state index contributed by atoms with van der Waals surface area (Å²) in [7, 11) is 0. The van der Waals surface area contributed by atoms with Crippen LogP contribution in [0.15, 0.2) is 18.2 Å². The fourth-order valence-corrected chi connectivity index (χ4v) is 2.81. The predicted octanol–water partition coefficient (Wildman–Crippen LogP) is 2.98. The summed E-state index contributed by atoms with van der Waals surface area (Å²) >= 11 is 8.46. The van der Waals surface area contributed by atoms with Gasteiger partial charge in [0.25, 0.3) is 0 Å². The van der Waals surface area contributed by atoms with E-state index in [9.17, 15) is 0 Å². The Labute approximate surface area is 117 Å². The molecule has 6 heteroatoms. The van der Waals surface area contributed by atoms with Crippen LogP contribution < -0.4 is 5.73 Å². The summed E-state index contributed by atoms with van der Waals surface area (Å²) in [6, 6.07) is 5.85. The van der Waals surface area contributed by atoms with Gasteiger partial charge in [0.2, 0.25) is 0 Å². The summed E-state index contributed by atoms with van der Waals surface area (Å²) in [5.41, 5.74) is 7.70. The van der Waals surface area contributed by atoms with Crippen molar-refractivity contribution in [3.05, 3.63) is 32.5 Å². The van der Waals surface area contributed by atoms with Gasteiger partial charge in [-0.15, -0.1) is 5.10 Å². The molecule has 2 aromatic rings. The maximum absolute atomic E-state index is 6.24. The quantitative estimate of drug-likeness (QED) is 0.838. The number of hydrogen-bond acceptors (Lipinski definition) is 3. The Hall–Kier alpha value is -0.820. The maximum atomic E-state index is 6.24. The molecular formula is C11H10ClIN4. The monoisotopic (exact) mass is 360 g/mol. The second-order valence-corrected chi connectivity index (χ2v) is 5.79. The number of nitrogen functional groups attached to an aromatic ring is 1. The van der Waals surface area contributed by atoms with Crippen LogP contribution in [-0.2, 0) is 0 Å². The van der Waals surface area contributed by atoms with Gasteiger partial charge in [-0.1, -0.05) is 16.8 Å². The number of aromatic nitrogens is 3. The molecule has 1 saturated carbocycles. The van der Waals surface area contributed by atoms with Gasteiger partial charge in [-0.3, -0.25) is 0 Å². The highest BCUT2D eigenvalue weighted by molar-refractivity contribution is 14.1. The third kappa shape index (κ3) is 2.01. The van der Waals surface area contributed by atoms with Crippen LogP contribution in [-0.4, -0.2) is 15.0 Å². The van der Waals surface area contributed by atoms with Crippen LogP contribution in [0.3, 0.4) is 0 Å². The Morgan fingerprint density at radius 1 is 1.41 bits per heavy atom. The van der Waals surface area contributed by atoms with Gasteiger partial charge in [0, 0.05) is 9.49 Å². The van der Waals surface area contributed by atoms with Gasteiger partial charge in [0.1, 0.15) is 0 Å². The molecule has 4 nitrogen and oxygen atoms in total. The van der Waals surface area contributed by atoms with Crippen molar-refractivity contribution in [3.63, 3.8) is 0 Å². The Kier molecular flexibility index (Phi) is 2.74. The smallest absolute Gasteiger partial charge is 0.169 e. The molecule has 3 rings (SSSR count). The Morgan fingerprint density at radius 2 is 2.18 bits per heavy atom. The number of rotatable bonds is 2. The zero-order chi connectivity index (χ0) is 12.0. The molecular weight excluding hydrogens is 351 g/mol. The van der Waals surface area contributed by atoms with E-state index in [1.807, 2.05) is 18.2 Å². The largest absolute Gasteiger partial charge is 0.381 e. The van der Waals surface area contributed by atoms with Gasteiger partial charge in [0.05, 0.1) is 16.4 Å². The average Bonchev–Trinajstić information content (AvgIpc) is 3.03. The van der Waals surface area contributed by atoms with Gasteiger partial charge in [0.15, 0.2) is 5.82 Å². The summed E-state index contributed by atoms with van der Waals surface area (Å²) in [6.45, 7) is 0. The summed E-state index contributed by atoms with van der Waals surface area (Å²) in [4.78, 5) is 0. The molecule has 0 atom stereocenters. The van der Waals surface area contributed by atoms with E-state index in [1.165, 1.54) is 0 Å². The number of halogens is 2. The fourth-order valence-electron chi connectivity index (χ4n) is 1.87. The molecule has 0 saturated heterocycles. The number of hydrogen-bond donors (Lipinski definition) is 1. The number of anilines is 1. The minimum absolute atomic E-state index is 0.486. The van der Waals surface area contributed by atoms with Crippen LogP contribution in [0.25, 0.3) is 5.69 Å². The standard InChI is InChI=1S/C11H10ClIN4/c12-8-5-7(13)3-4-9(8)17-10(6-1-2-6)11(14)15-16-17/h3-6H,1-2,14H2. The summed E-state index contributed by atoms with van der Waals surface area (Å²) in [5, 5.41) is 8.71. The third-order valence-corrected chi connectivity index (χ3v) is 3.81. The van der Waals surface area contributed by atoms with Gasteiger partial charge < -0.3 is 5.73 Å². The molecule has 1 aromatic carbocycles. The number of nitrogens with two attached hydrogens (primary N) is 1. The first-order chi connectivity index (χ1) is 8.16. The van der Waals surface area contributed by atoms with Crippen LogP contribution in [0.1, 0.15) is 24.5 Å². The van der Waals surface area contributed by atoms with E-state index in [0.29, 0.717) is 16.8 Å². The highest BCUT2D eigenvalue weighted by Crippen LogP contribution is 2.43. The molecule has 1 aliphatic carbocycles. The van der Waals surface area contributed by atoms with E-state index >= 15 is 0 Å². The Balaban J connectivity index is 2.14. The summed E-state index contributed by atoms with van der Waals surface area (Å²) in [6.07, 6.45) is 2.30. The molecule has 88 valence electrons. The minimum atomic E-state index is 0.486. The second kappa shape index (κ2) is 4.13. The van der Waals surface area contributed by atoms with Crippen molar-refractivity contribution < 1.29 is 0 Å². The molecule has 0 bridgehead atoms. The van der Waals surface area contributed by atoms with Crippen molar-refractivity contribution in [2.75, 3.05) is 5.73 Å². The lowest BCUT2D eigenvalue weighted by Gasteiger charge is -2.07. The second-order valence-electron chi connectivity index (χ2n) is 4.14. The fraction of sp³-hybridized carbons (Fsp3) is 0.273. The molecule has 1 heterocycles. The van der Waals surface area contributed by atoms with Crippen LogP contribution in [0.5, 0.6) is 0 Å². The zero-order valence-electron chi connectivity index (χ0n) is 8.90. The van der Waals surface area contributed by atoms with E-state index in [1.54, 1.807) is 4.68 Å². The lowest BCUT2D eigenvalue weighted by Crippen LogP contribution is -2.03. The van der Waals surface area contributed by atoms with E-state index in [2.05, 4.69) is 32.9 Å². The molecule has 0 spiro atoms. The van der Waals surface area contributed by atoms with E-state index in [0.717, 1.165) is 27.8 Å². The van der Waals surface area contributed by atoms with Crippen LogP contribution >= 0.6 is 34.2 Å². The van der Waals surface area contributed by atoms with Crippen molar-refractivity contribution >= 4 is 40.0 Å². The topological polar surface area (TPSA) is 56.7 Å². The zero-order valence-corrected chi connectivity index (χ0v) is 11.8. The number of benzene rings is 1. The molecule has 1 fully saturated rings. The first-order valence-corrected chi connectivity index (χ1v) is 6.79. The van der Waals surface area contributed by atoms with Gasteiger partial charge in [-0.05, 0) is 53.6 Å². The van der Waals surface area contributed by atoms with Crippen LogP contribution in [0.4, 0.5) is 5.82 Å². The SMILES string of the molecule is Nc1nnn(-c2ccc(I)cc2Cl)c1C1CC1. The minimum Gasteiger partial charge on any atom is -0.381 e. The lowest BCUT2D eigenvalue weighted by molar-refractivity contribution is 0.763. The molecule has 0 radical (unpaired) electrons. The lowest BCUT2D eigenvalue weighted by atomic mass is 10.2. The molecule has 2 N–H and O–H groups in total. The normalized spacial score (nSPS) is 15.2. The first kappa shape index (κ1) is 11.3. The summed E-state index contributed by atoms with van der Waals surface area (Å²) < 4.78 is 2.86. The van der Waals surface area contributed by atoms with Crippen molar-refractivity contribution in [1.29, 1.82) is 0 Å². The van der Waals surface area contributed by atoms with Gasteiger partial charge in [-0.2, -0.15) is 0 Å². The van der Waals surface area contributed by atoms with Crippen LogP contribution in [0.2, 0.25) is 5.02 Å². The van der Waals surface area contributed by atoms with Crippen molar-refractivity contribution in [2.45, 2.75) is 18.8 Å². The Bertz CT molecular complexity index is 577. The van der Waals surface area contributed by atoms with E-state index in [4.69, 9.17) is 17.3 Å². The average molecular weight is 361 g/mol. The highest BCUT2D eigenvalue weighted by atomic mass is 127. The highest BCUT2D eigenvalue weighted by Gasteiger charge is 2.31. The molecule has 0 amide bonds. The van der Waals surface area contributed by atoms with Crippen molar-refractivity contribution in [3.8, 4) is 5.69 Å². The van der Waals surface area contributed by atoms with E-state index < -0.39 is 0 Å². The molecule has 17 heavy (non-hydrogen) atoms. The Morgan fingerprint density at radius 3 is 2.82 bits per heavy atom. The van der Waals surface area contributed by atoms with Crippen LogP contribution in [0, 0.1) is 3.57 Å². The van der Waals surface area contributed by atoms with Gasteiger partial charge >= 0.3 is 0 Å². The number of nitrogens with zero attached hydrogens (tertiary/aromatic N) is 3.